The van der Waals surface area contributed by atoms with Crippen molar-refractivity contribution in [3.05, 3.63) is 60.3 Å². The molecule has 0 saturated heterocycles. The van der Waals surface area contributed by atoms with Gasteiger partial charge in [-0.05, 0) is 49.5 Å². The molecule has 2 aromatic carbocycles. The highest BCUT2D eigenvalue weighted by atomic mass is 16.5. The highest BCUT2D eigenvalue weighted by molar-refractivity contribution is 5.99. The molecule has 142 valence electrons. The first-order valence-electron chi connectivity index (χ1n) is 9.45. The number of hydrogen-bond donors (Lipinski definition) is 1. The summed E-state index contributed by atoms with van der Waals surface area (Å²) in [6.07, 6.45) is 0. The molecule has 0 radical (unpaired) electrons. The number of amides is 1. The minimum atomic E-state index is -0.0496. The lowest BCUT2D eigenvalue weighted by Gasteiger charge is -2.18. The van der Waals surface area contributed by atoms with Crippen molar-refractivity contribution >= 4 is 16.8 Å². The van der Waals surface area contributed by atoms with Crippen molar-refractivity contribution in [1.29, 1.82) is 0 Å². The largest absolute Gasteiger partial charge is 0.457 e. The summed E-state index contributed by atoms with van der Waals surface area (Å²) in [6, 6.07) is 17.5. The average Bonchev–Trinajstić information content (AvgIpc) is 3.02. The van der Waals surface area contributed by atoms with Gasteiger partial charge in [-0.15, -0.1) is 0 Å². The smallest absolute Gasteiger partial charge is 0.267 e. The Hall–Kier alpha value is -2.79. The lowest BCUT2D eigenvalue weighted by molar-refractivity contribution is 0.0941. The van der Waals surface area contributed by atoms with Crippen LogP contribution >= 0.6 is 0 Å². The molecule has 0 aliphatic rings. The van der Waals surface area contributed by atoms with E-state index >= 15 is 0 Å². The molecule has 5 nitrogen and oxygen atoms in total. The summed E-state index contributed by atoms with van der Waals surface area (Å²) in [4.78, 5) is 14.9. The Bertz CT molecular complexity index is 899. The van der Waals surface area contributed by atoms with Gasteiger partial charge in [0.25, 0.3) is 5.91 Å². The standard InChI is InChI=1S/C22H27N3O2/c1-4-25(5-2)14-13-23-22(26)21-16-17-15-19(11-12-20(17)24(21)3)27-18-9-7-6-8-10-18/h6-12,15-16H,4-5,13-14H2,1-3H3,(H,23,26). The number of carbonyl (C=O) groups is 1. The minimum Gasteiger partial charge on any atom is -0.457 e. The molecule has 0 bridgehead atoms. The summed E-state index contributed by atoms with van der Waals surface area (Å²) in [5.41, 5.74) is 1.66. The first-order valence-corrected chi connectivity index (χ1v) is 9.45. The van der Waals surface area contributed by atoms with Crippen molar-refractivity contribution in [1.82, 2.24) is 14.8 Å². The number of rotatable bonds is 8. The first-order chi connectivity index (χ1) is 13.1. The number of carbonyl (C=O) groups excluding carboxylic acids is 1. The third-order valence-corrected chi connectivity index (χ3v) is 4.83. The van der Waals surface area contributed by atoms with E-state index in [1.54, 1.807) is 0 Å². The molecule has 5 heteroatoms. The molecule has 3 rings (SSSR count). The highest BCUT2D eigenvalue weighted by Crippen LogP contribution is 2.27. The Morgan fingerprint density at radius 1 is 1.04 bits per heavy atom. The third kappa shape index (κ3) is 4.49. The van der Waals surface area contributed by atoms with E-state index in [1.165, 1.54) is 0 Å². The SMILES string of the molecule is CCN(CC)CCNC(=O)c1cc2cc(Oc3ccccc3)ccc2n1C. The number of hydrogen-bond acceptors (Lipinski definition) is 3. The molecule has 0 spiro atoms. The molecule has 0 aliphatic carbocycles. The summed E-state index contributed by atoms with van der Waals surface area (Å²) in [5, 5.41) is 4.01. The van der Waals surface area contributed by atoms with E-state index in [4.69, 9.17) is 4.74 Å². The minimum absolute atomic E-state index is 0.0496. The van der Waals surface area contributed by atoms with Crippen molar-refractivity contribution in [3.8, 4) is 11.5 Å². The lowest BCUT2D eigenvalue weighted by Crippen LogP contribution is -2.35. The number of ether oxygens (including phenoxy) is 1. The molecule has 1 aromatic heterocycles. The zero-order valence-electron chi connectivity index (χ0n) is 16.2. The normalized spacial score (nSPS) is 11.1. The molecule has 1 heterocycles. The highest BCUT2D eigenvalue weighted by Gasteiger charge is 2.14. The number of para-hydroxylation sites is 1. The van der Waals surface area contributed by atoms with Crippen molar-refractivity contribution in [2.24, 2.45) is 7.05 Å². The fraction of sp³-hybridized carbons (Fsp3) is 0.318. The van der Waals surface area contributed by atoms with Gasteiger partial charge in [0.15, 0.2) is 0 Å². The summed E-state index contributed by atoms with van der Waals surface area (Å²) in [5.74, 6) is 1.50. The molecule has 1 amide bonds. The van der Waals surface area contributed by atoms with Gasteiger partial charge in [0.05, 0.1) is 0 Å². The fourth-order valence-corrected chi connectivity index (χ4v) is 3.19. The van der Waals surface area contributed by atoms with Gasteiger partial charge in [-0.2, -0.15) is 0 Å². The maximum atomic E-state index is 12.6. The number of aryl methyl sites for hydroxylation is 1. The van der Waals surface area contributed by atoms with Gasteiger partial charge < -0.3 is 19.5 Å². The zero-order chi connectivity index (χ0) is 19.2. The van der Waals surface area contributed by atoms with Crippen LogP contribution in [0.2, 0.25) is 0 Å². The zero-order valence-corrected chi connectivity index (χ0v) is 16.2. The van der Waals surface area contributed by atoms with Crippen molar-refractivity contribution in [2.75, 3.05) is 26.2 Å². The van der Waals surface area contributed by atoms with Gasteiger partial charge in [-0.3, -0.25) is 4.79 Å². The van der Waals surface area contributed by atoms with Gasteiger partial charge in [-0.25, -0.2) is 0 Å². The number of fused-ring (bicyclic) bond motifs is 1. The van der Waals surface area contributed by atoms with Crippen molar-refractivity contribution < 1.29 is 9.53 Å². The van der Waals surface area contributed by atoms with E-state index in [0.29, 0.717) is 12.2 Å². The van der Waals surface area contributed by atoms with Crippen LogP contribution in [-0.2, 0) is 7.05 Å². The van der Waals surface area contributed by atoms with Crippen LogP contribution < -0.4 is 10.1 Å². The van der Waals surface area contributed by atoms with E-state index in [0.717, 1.165) is 42.0 Å². The molecule has 0 fully saturated rings. The summed E-state index contributed by atoms with van der Waals surface area (Å²) in [7, 11) is 1.92. The van der Waals surface area contributed by atoms with Crippen LogP contribution in [0.3, 0.4) is 0 Å². The van der Waals surface area contributed by atoms with Crippen molar-refractivity contribution in [3.63, 3.8) is 0 Å². The van der Waals surface area contributed by atoms with E-state index in [9.17, 15) is 4.79 Å². The van der Waals surface area contributed by atoms with Crippen LogP contribution in [0.5, 0.6) is 11.5 Å². The van der Waals surface area contributed by atoms with Gasteiger partial charge in [-0.1, -0.05) is 32.0 Å². The van der Waals surface area contributed by atoms with Crippen molar-refractivity contribution in [2.45, 2.75) is 13.8 Å². The van der Waals surface area contributed by atoms with Gasteiger partial charge in [0.1, 0.15) is 17.2 Å². The molecule has 27 heavy (non-hydrogen) atoms. The number of nitrogens with one attached hydrogen (secondary N) is 1. The average molecular weight is 365 g/mol. The molecule has 0 saturated carbocycles. The number of benzene rings is 2. The summed E-state index contributed by atoms with van der Waals surface area (Å²) < 4.78 is 7.82. The fourth-order valence-electron chi connectivity index (χ4n) is 3.19. The number of nitrogens with zero attached hydrogens (tertiary/aromatic N) is 2. The third-order valence-electron chi connectivity index (χ3n) is 4.83. The molecule has 0 atom stereocenters. The molecule has 0 aliphatic heterocycles. The predicted octanol–water partition coefficient (Wildman–Crippen LogP) is 4.04. The van der Waals surface area contributed by atoms with E-state index < -0.39 is 0 Å². The Morgan fingerprint density at radius 3 is 2.48 bits per heavy atom. The van der Waals surface area contributed by atoms with Gasteiger partial charge in [0.2, 0.25) is 0 Å². The number of aromatic nitrogens is 1. The molecule has 3 aromatic rings. The van der Waals surface area contributed by atoms with Gasteiger partial charge in [0, 0.05) is 31.0 Å². The molecule has 1 N–H and O–H groups in total. The first kappa shape index (κ1) is 19.0. The monoisotopic (exact) mass is 365 g/mol. The number of likely N-dealkylation sites (N-methyl/N-ethyl adjacent to an activating group) is 1. The van der Waals surface area contributed by atoms with Crippen LogP contribution in [0.4, 0.5) is 0 Å². The molecular formula is C22H27N3O2. The topological polar surface area (TPSA) is 46.5 Å². The van der Waals surface area contributed by atoms with Gasteiger partial charge >= 0.3 is 0 Å². The second kappa shape index (κ2) is 8.73. The van der Waals surface area contributed by atoms with E-state index in [-0.39, 0.29) is 5.91 Å². The predicted molar refractivity (Wildman–Crippen MR) is 110 cm³/mol. The quantitative estimate of drug-likeness (QED) is 0.655. The maximum absolute atomic E-state index is 12.6. The maximum Gasteiger partial charge on any atom is 0.267 e. The van der Waals surface area contributed by atoms with Crippen LogP contribution in [-0.4, -0.2) is 41.6 Å². The van der Waals surface area contributed by atoms with Crippen LogP contribution in [0, 0.1) is 0 Å². The lowest BCUT2D eigenvalue weighted by atomic mass is 10.2. The van der Waals surface area contributed by atoms with Crippen LogP contribution in [0.25, 0.3) is 10.9 Å². The summed E-state index contributed by atoms with van der Waals surface area (Å²) in [6.45, 7) is 7.74. The Morgan fingerprint density at radius 2 is 1.78 bits per heavy atom. The molecular weight excluding hydrogens is 338 g/mol. The summed E-state index contributed by atoms with van der Waals surface area (Å²) >= 11 is 0. The Balaban J connectivity index is 1.73. The Kier molecular flexibility index (Phi) is 6.14. The molecule has 0 unspecified atom stereocenters. The van der Waals surface area contributed by atoms with Crippen LogP contribution in [0.15, 0.2) is 54.6 Å². The Labute approximate surface area is 160 Å². The second-order valence-electron chi connectivity index (χ2n) is 6.51. The van der Waals surface area contributed by atoms with E-state index in [1.807, 2.05) is 66.2 Å². The van der Waals surface area contributed by atoms with Crippen LogP contribution in [0.1, 0.15) is 24.3 Å². The van der Waals surface area contributed by atoms with E-state index in [2.05, 4.69) is 24.1 Å². The second-order valence-corrected chi connectivity index (χ2v) is 6.51.